The number of nitrogens with two attached hydrogens (primary N) is 1. The van der Waals surface area contributed by atoms with Crippen molar-refractivity contribution in [1.29, 1.82) is 0 Å². The minimum atomic E-state index is -2.98. The largest absolute Gasteiger partial charge is 0.383 e. The molecular formula is C14H18IN3O4S. The Labute approximate surface area is 148 Å². The van der Waals surface area contributed by atoms with Gasteiger partial charge in [0.1, 0.15) is 17.4 Å². The maximum absolute atomic E-state index is 12.8. The third-order valence-electron chi connectivity index (χ3n) is 2.91. The Balaban J connectivity index is 3.11. The van der Waals surface area contributed by atoms with E-state index in [1.165, 1.54) is 26.1 Å². The second-order valence-corrected chi connectivity index (χ2v) is 8.78. The van der Waals surface area contributed by atoms with E-state index >= 15 is 0 Å². The average molecular weight is 451 g/mol. The van der Waals surface area contributed by atoms with Crippen molar-refractivity contribution < 1.29 is 18.6 Å². The van der Waals surface area contributed by atoms with E-state index in [1.54, 1.807) is 0 Å². The van der Waals surface area contributed by atoms with Crippen LogP contribution in [0.4, 0.5) is 5.82 Å². The van der Waals surface area contributed by atoms with Crippen LogP contribution in [0.1, 0.15) is 37.0 Å². The number of ketones is 2. The molecule has 1 rings (SSSR count). The average Bonchev–Trinajstić information content (AvgIpc) is 2.46. The van der Waals surface area contributed by atoms with Crippen LogP contribution in [0.5, 0.6) is 0 Å². The van der Waals surface area contributed by atoms with Crippen LogP contribution in [0.3, 0.4) is 0 Å². The Morgan fingerprint density at radius 3 is 2.17 bits per heavy atom. The normalized spacial score (nSPS) is 11.1. The van der Waals surface area contributed by atoms with Crippen LogP contribution >= 0.6 is 22.6 Å². The van der Waals surface area contributed by atoms with Gasteiger partial charge in [-0.1, -0.05) is 0 Å². The molecule has 23 heavy (non-hydrogen) atoms. The van der Waals surface area contributed by atoms with E-state index in [0.29, 0.717) is 3.57 Å². The zero-order valence-corrected chi connectivity index (χ0v) is 15.8. The van der Waals surface area contributed by atoms with Crippen molar-refractivity contribution in [2.45, 2.75) is 26.7 Å². The quantitative estimate of drug-likeness (QED) is 0.632. The highest BCUT2D eigenvalue weighted by molar-refractivity contribution is 14.1. The molecule has 0 saturated carbocycles. The van der Waals surface area contributed by atoms with Crippen molar-refractivity contribution in [1.82, 2.24) is 4.98 Å². The van der Waals surface area contributed by atoms with Gasteiger partial charge in [-0.3, -0.25) is 14.4 Å². The number of anilines is 1. The number of hydrogen-bond donors (Lipinski definition) is 1. The number of rotatable bonds is 7. The Bertz CT molecular complexity index is 730. The van der Waals surface area contributed by atoms with E-state index in [0.717, 1.165) is 0 Å². The van der Waals surface area contributed by atoms with E-state index in [1.807, 2.05) is 22.6 Å². The van der Waals surface area contributed by atoms with Crippen molar-refractivity contribution in [2.24, 2.45) is 4.36 Å². The Morgan fingerprint density at radius 2 is 1.74 bits per heavy atom. The summed E-state index contributed by atoms with van der Waals surface area (Å²) >= 11 is 1.93. The molecule has 0 aliphatic rings. The minimum Gasteiger partial charge on any atom is -0.383 e. The molecule has 126 valence electrons. The molecule has 0 fully saturated rings. The number of aromatic nitrogens is 1. The van der Waals surface area contributed by atoms with Gasteiger partial charge in [-0.25, -0.2) is 9.19 Å². The zero-order valence-electron chi connectivity index (χ0n) is 12.9. The van der Waals surface area contributed by atoms with Crippen LogP contribution in [-0.4, -0.2) is 38.2 Å². The molecule has 0 radical (unpaired) electrons. The van der Waals surface area contributed by atoms with Crippen LogP contribution < -0.4 is 5.73 Å². The molecule has 0 aromatic carbocycles. The summed E-state index contributed by atoms with van der Waals surface area (Å²) in [5, 5.41) is 0. The van der Waals surface area contributed by atoms with E-state index in [-0.39, 0.29) is 47.3 Å². The summed E-state index contributed by atoms with van der Waals surface area (Å²) in [6.07, 6.45) is 1.36. The highest BCUT2D eigenvalue weighted by Gasteiger charge is 2.16. The van der Waals surface area contributed by atoms with E-state index in [2.05, 4.69) is 9.35 Å². The number of nitrogen functional groups attached to an aromatic ring is 1. The number of carbonyl (C=O) groups excluding carboxylic acids is 3. The third kappa shape index (κ3) is 6.73. The smallest absolute Gasteiger partial charge is 0.286 e. The Morgan fingerprint density at radius 1 is 1.22 bits per heavy atom. The number of nitrogens with zero attached hydrogens (tertiary/aromatic N) is 2. The molecule has 1 amide bonds. The molecule has 0 spiro atoms. The van der Waals surface area contributed by atoms with Crippen LogP contribution in [0.25, 0.3) is 0 Å². The van der Waals surface area contributed by atoms with E-state index in [4.69, 9.17) is 5.73 Å². The monoisotopic (exact) mass is 451 g/mol. The summed E-state index contributed by atoms with van der Waals surface area (Å²) in [5.41, 5.74) is 5.75. The van der Waals surface area contributed by atoms with Gasteiger partial charge in [-0.05, 0) is 42.5 Å². The van der Waals surface area contributed by atoms with Gasteiger partial charge in [-0.2, -0.15) is 4.36 Å². The molecule has 0 saturated heterocycles. The summed E-state index contributed by atoms with van der Waals surface area (Å²) in [4.78, 5) is 38.3. The fourth-order valence-electron chi connectivity index (χ4n) is 1.57. The summed E-state index contributed by atoms with van der Waals surface area (Å²) in [6, 6.07) is 1.50. The summed E-state index contributed by atoms with van der Waals surface area (Å²) < 4.78 is 17.2. The predicted molar refractivity (Wildman–Crippen MR) is 96.6 cm³/mol. The fourth-order valence-corrected chi connectivity index (χ4v) is 4.05. The minimum absolute atomic E-state index is 0.0408. The number of amides is 1. The molecule has 0 atom stereocenters. The first-order valence-electron chi connectivity index (χ1n) is 6.80. The van der Waals surface area contributed by atoms with Crippen LogP contribution in [0.2, 0.25) is 0 Å². The second kappa shape index (κ2) is 8.48. The summed E-state index contributed by atoms with van der Waals surface area (Å²) in [6.45, 7) is 2.75. The van der Waals surface area contributed by atoms with Crippen LogP contribution in [-0.2, 0) is 19.3 Å². The van der Waals surface area contributed by atoms with E-state index < -0.39 is 15.6 Å². The third-order valence-corrected chi connectivity index (χ3v) is 5.96. The van der Waals surface area contributed by atoms with Gasteiger partial charge in [0.05, 0.1) is 18.9 Å². The first-order valence-corrected chi connectivity index (χ1v) is 9.73. The van der Waals surface area contributed by atoms with Crippen LogP contribution in [0.15, 0.2) is 16.6 Å². The number of hydrogen-bond acceptors (Lipinski definition) is 6. The van der Waals surface area contributed by atoms with Gasteiger partial charge in [-0.15, -0.1) is 0 Å². The molecule has 7 nitrogen and oxygen atoms in total. The maximum atomic E-state index is 12.8. The Hall–Kier alpha value is -1.36. The molecule has 1 heterocycles. The molecule has 1 aromatic heterocycles. The van der Waals surface area contributed by atoms with Gasteiger partial charge in [0, 0.05) is 30.5 Å². The Kier molecular flexibility index (Phi) is 7.26. The number of Topliss-reactive ketones (excluding diaryl/α,β-unsaturated/α-hetero) is 2. The summed E-state index contributed by atoms with van der Waals surface area (Å²) in [5.74, 6) is -0.774. The molecule has 0 unspecified atom stereocenters. The van der Waals surface area contributed by atoms with Gasteiger partial charge < -0.3 is 5.73 Å². The molecule has 1 aromatic rings. The zero-order chi connectivity index (χ0) is 17.6. The first-order chi connectivity index (χ1) is 10.6. The highest BCUT2D eigenvalue weighted by atomic mass is 127. The van der Waals surface area contributed by atoms with Crippen molar-refractivity contribution >= 4 is 55.6 Å². The first kappa shape index (κ1) is 19.7. The van der Waals surface area contributed by atoms with Crippen LogP contribution in [0, 0.1) is 3.57 Å². The van der Waals surface area contributed by atoms with Crippen molar-refractivity contribution in [3.8, 4) is 0 Å². The van der Waals surface area contributed by atoms with E-state index in [9.17, 15) is 18.6 Å². The predicted octanol–water partition coefficient (Wildman–Crippen LogP) is 1.83. The molecule has 2 N–H and O–H groups in total. The topological polar surface area (TPSA) is 120 Å². The molecule has 0 aliphatic carbocycles. The van der Waals surface area contributed by atoms with Gasteiger partial charge in [0.25, 0.3) is 5.91 Å². The highest BCUT2D eigenvalue weighted by Crippen LogP contribution is 2.15. The number of pyridine rings is 1. The summed E-state index contributed by atoms with van der Waals surface area (Å²) in [7, 11) is -2.98. The van der Waals surface area contributed by atoms with Crippen molar-refractivity contribution in [2.75, 3.05) is 17.2 Å². The molecule has 0 bridgehead atoms. The van der Waals surface area contributed by atoms with Crippen molar-refractivity contribution in [3.05, 3.63) is 21.4 Å². The maximum Gasteiger partial charge on any atom is 0.286 e. The standard InChI is InChI=1S/C14H18IN3O4S/c1-9(19)3-5-23(22,6-4-10(2)20)18-14(21)11-7-12(15)13(16)17-8-11/h7-8H,3-6H2,1-2H3,(H2,16,17). The van der Waals surface area contributed by atoms with Gasteiger partial charge >= 0.3 is 0 Å². The van der Waals surface area contributed by atoms with Gasteiger partial charge in [0.2, 0.25) is 0 Å². The van der Waals surface area contributed by atoms with Crippen molar-refractivity contribution in [3.63, 3.8) is 0 Å². The molecular weight excluding hydrogens is 433 g/mol. The molecule has 0 aliphatic heterocycles. The second-order valence-electron chi connectivity index (χ2n) is 5.07. The lowest BCUT2D eigenvalue weighted by molar-refractivity contribution is -0.117. The number of halogens is 1. The molecule has 9 heteroatoms. The van der Waals surface area contributed by atoms with Gasteiger partial charge in [0.15, 0.2) is 0 Å². The lowest BCUT2D eigenvalue weighted by Gasteiger charge is -2.08. The lowest BCUT2D eigenvalue weighted by atomic mass is 10.3. The fraction of sp³-hybridized carbons (Fsp3) is 0.429. The number of carbonyl (C=O) groups is 3. The lowest BCUT2D eigenvalue weighted by Crippen LogP contribution is -2.17. The SMILES string of the molecule is CC(=O)CCS(=O)(CCC(C)=O)=NC(=O)c1cnc(N)c(I)c1.